The van der Waals surface area contributed by atoms with Gasteiger partial charge < -0.3 is 5.32 Å². The third-order valence-corrected chi connectivity index (χ3v) is 3.79. The van der Waals surface area contributed by atoms with E-state index in [0.29, 0.717) is 0 Å². The van der Waals surface area contributed by atoms with Gasteiger partial charge in [0.05, 0.1) is 0 Å². The number of hydrogen-bond donors (Lipinski definition) is 1. The Morgan fingerprint density at radius 3 is 2.87 bits per heavy atom. The number of carbonyl (C=O) groups is 1. The second-order valence-corrected chi connectivity index (χ2v) is 5.39. The van der Waals surface area contributed by atoms with E-state index in [1.165, 1.54) is 12.8 Å². The zero-order valence-corrected chi connectivity index (χ0v) is 9.83. The van der Waals surface area contributed by atoms with E-state index < -0.39 is 5.38 Å². The molecule has 2 nitrogen and oxygen atoms in total. The Morgan fingerprint density at radius 1 is 1.53 bits per heavy atom. The fraction of sp³-hybridized carbons (Fsp3) is 0.750. The molecule has 0 heterocycles. The molecule has 2 aliphatic rings. The summed E-state index contributed by atoms with van der Waals surface area (Å²) in [6, 6.07) is 0. The molecule has 0 aromatic heterocycles. The van der Waals surface area contributed by atoms with Gasteiger partial charge in [-0.25, -0.2) is 0 Å². The molecule has 1 fully saturated rings. The normalized spacial score (nSPS) is 34.4. The van der Waals surface area contributed by atoms with Gasteiger partial charge in [-0.15, -0.1) is 11.6 Å². The first-order valence-corrected chi connectivity index (χ1v) is 6.20. The van der Waals surface area contributed by atoms with E-state index in [9.17, 15) is 4.79 Å². The molecular weight excluding hydrogens is 210 g/mol. The minimum atomic E-state index is -0.412. The Labute approximate surface area is 96.1 Å². The summed E-state index contributed by atoms with van der Waals surface area (Å²) >= 11 is 5.66. The van der Waals surface area contributed by atoms with Crippen molar-refractivity contribution in [2.45, 2.75) is 31.6 Å². The highest BCUT2D eigenvalue weighted by atomic mass is 35.5. The lowest BCUT2D eigenvalue weighted by Gasteiger charge is -2.18. The Hall–Kier alpha value is -0.500. The Bertz CT molecular complexity index is 275. The van der Waals surface area contributed by atoms with Crippen LogP contribution in [0.15, 0.2) is 12.2 Å². The Balaban J connectivity index is 1.67. The van der Waals surface area contributed by atoms with E-state index in [0.717, 1.165) is 30.7 Å². The quantitative estimate of drug-likeness (QED) is 0.580. The van der Waals surface area contributed by atoms with Crippen LogP contribution in [0.5, 0.6) is 0 Å². The predicted molar refractivity (Wildman–Crippen MR) is 61.8 cm³/mol. The van der Waals surface area contributed by atoms with Gasteiger partial charge in [-0.05, 0) is 43.9 Å². The summed E-state index contributed by atoms with van der Waals surface area (Å²) in [5, 5.41) is 2.46. The number of halogens is 1. The van der Waals surface area contributed by atoms with Crippen molar-refractivity contribution < 1.29 is 4.79 Å². The van der Waals surface area contributed by atoms with Gasteiger partial charge in [0, 0.05) is 6.54 Å². The zero-order valence-electron chi connectivity index (χ0n) is 9.08. The van der Waals surface area contributed by atoms with Gasteiger partial charge in [0.2, 0.25) is 5.91 Å². The molecule has 0 spiro atoms. The van der Waals surface area contributed by atoms with Gasteiger partial charge in [0.25, 0.3) is 0 Å². The lowest BCUT2D eigenvalue weighted by molar-refractivity contribution is -0.120. The largest absolute Gasteiger partial charge is 0.355 e. The fourth-order valence-corrected chi connectivity index (χ4v) is 2.83. The van der Waals surface area contributed by atoms with Crippen molar-refractivity contribution in [1.82, 2.24) is 5.32 Å². The van der Waals surface area contributed by atoms with Crippen molar-refractivity contribution in [2.24, 2.45) is 17.8 Å². The average Bonchev–Trinajstić information content (AvgIpc) is 2.78. The summed E-state index contributed by atoms with van der Waals surface area (Å²) in [7, 11) is 0. The molecule has 1 saturated carbocycles. The standard InChI is InChI=1S/C12H18ClNO/c1-8(13)12(15)14-5-4-11-7-9-2-3-10(11)6-9/h2-3,8-11H,4-7H2,1H3,(H,14,15)/t8?,9-,10+,11-/m1/s1. The highest BCUT2D eigenvalue weighted by molar-refractivity contribution is 6.30. The molecule has 0 saturated heterocycles. The van der Waals surface area contributed by atoms with Crippen LogP contribution in [0.3, 0.4) is 0 Å². The maximum atomic E-state index is 11.2. The molecule has 2 bridgehead atoms. The smallest absolute Gasteiger partial charge is 0.237 e. The van der Waals surface area contributed by atoms with Gasteiger partial charge in [0.1, 0.15) is 5.38 Å². The average molecular weight is 228 g/mol. The molecule has 0 aromatic rings. The van der Waals surface area contributed by atoms with Gasteiger partial charge in [0.15, 0.2) is 0 Å². The maximum absolute atomic E-state index is 11.2. The number of fused-ring (bicyclic) bond motifs is 2. The van der Waals surface area contributed by atoms with Crippen molar-refractivity contribution in [3.63, 3.8) is 0 Å². The Morgan fingerprint density at radius 2 is 2.33 bits per heavy atom. The van der Waals surface area contributed by atoms with Crippen LogP contribution in [-0.4, -0.2) is 17.8 Å². The van der Waals surface area contributed by atoms with Crippen molar-refractivity contribution >= 4 is 17.5 Å². The highest BCUT2D eigenvalue weighted by Gasteiger charge is 2.34. The molecule has 2 aliphatic carbocycles. The minimum absolute atomic E-state index is 0.0460. The number of hydrogen-bond acceptors (Lipinski definition) is 1. The third-order valence-electron chi connectivity index (χ3n) is 3.59. The summed E-state index contributed by atoms with van der Waals surface area (Å²) in [6.07, 6.45) is 8.45. The topological polar surface area (TPSA) is 29.1 Å². The second kappa shape index (κ2) is 4.56. The van der Waals surface area contributed by atoms with Crippen molar-refractivity contribution in [2.75, 3.05) is 6.54 Å². The summed E-state index contributed by atoms with van der Waals surface area (Å²) in [4.78, 5) is 11.2. The lowest BCUT2D eigenvalue weighted by atomic mass is 9.91. The molecular formula is C12H18ClNO. The SMILES string of the molecule is CC(Cl)C(=O)NCC[C@@H]1C[C@@H]2C=C[C@H]1C2. The van der Waals surface area contributed by atoms with E-state index in [4.69, 9.17) is 11.6 Å². The predicted octanol–water partition coefficient (Wildman–Crippen LogP) is 2.33. The first-order chi connectivity index (χ1) is 7.16. The molecule has 3 heteroatoms. The van der Waals surface area contributed by atoms with Crippen LogP contribution >= 0.6 is 11.6 Å². The Kier molecular flexibility index (Phi) is 3.35. The molecule has 0 radical (unpaired) electrons. The maximum Gasteiger partial charge on any atom is 0.237 e. The number of allylic oxidation sites excluding steroid dienone is 2. The van der Waals surface area contributed by atoms with Crippen molar-refractivity contribution in [3.8, 4) is 0 Å². The number of rotatable bonds is 4. The van der Waals surface area contributed by atoms with E-state index in [1.54, 1.807) is 6.92 Å². The molecule has 0 aromatic carbocycles. The second-order valence-electron chi connectivity index (χ2n) is 4.74. The fourth-order valence-electron chi connectivity index (χ4n) is 2.75. The summed E-state index contributed by atoms with van der Waals surface area (Å²) in [6.45, 7) is 2.48. The lowest BCUT2D eigenvalue weighted by Crippen LogP contribution is -2.31. The van der Waals surface area contributed by atoms with Crippen LogP contribution in [0.25, 0.3) is 0 Å². The van der Waals surface area contributed by atoms with Crippen LogP contribution < -0.4 is 5.32 Å². The molecule has 15 heavy (non-hydrogen) atoms. The van der Waals surface area contributed by atoms with E-state index in [1.807, 2.05) is 0 Å². The van der Waals surface area contributed by atoms with E-state index in [-0.39, 0.29) is 5.91 Å². The number of alkyl halides is 1. The first-order valence-electron chi connectivity index (χ1n) is 5.77. The van der Waals surface area contributed by atoms with Crippen molar-refractivity contribution in [3.05, 3.63) is 12.2 Å². The first kappa shape index (κ1) is 11.0. The molecule has 2 rings (SSSR count). The molecule has 0 aliphatic heterocycles. The van der Waals surface area contributed by atoms with Crippen molar-refractivity contribution in [1.29, 1.82) is 0 Å². The molecule has 84 valence electrons. The number of carbonyl (C=O) groups excluding carboxylic acids is 1. The number of amides is 1. The molecule has 4 atom stereocenters. The molecule has 1 unspecified atom stereocenters. The molecule has 1 amide bonds. The van der Waals surface area contributed by atoms with Crippen LogP contribution in [0.4, 0.5) is 0 Å². The zero-order chi connectivity index (χ0) is 10.8. The van der Waals surface area contributed by atoms with Crippen LogP contribution in [0.2, 0.25) is 0 Å². The third kappa shape index (κ3) is 2.54. The number of nitrogens with one attached hydrogen (secondary N) is 1. The van der Waals surface area contributed by atoms with E-state index in [2.05, 4.69) is 17.5 Å². The van der Waals surface area contributed by atoms with Crippen LogP contribution in [0.1, 0.15) is 26.2 Å². The van der Waals surface area contributed by atoms with Gasteiger partial charge >= 0.3 is 0 Å². The minimum Gasteiger partial charge on any atom is -0.355 e. The van der Waals surface area contributed by atoms with Gasteiger partial charge in [-0.3, -0.25) is 4.79 Å². The van der Waals surface area contributed by atoms with Gasteiger partial charge in [-0.1, -0.05) is 12.2 Å². The van der Waals surface area contributed by atoms with Crippen LogP contribution in [0, 0.1) is 17.8 Å². The highest BCUT2D eigenvalue weighted by Crippen LogP contribution is 2.44. The van der Waals surface area contributed by atoms with Gasteiger partial charge in [-0.2, -0.15) is 0 Å². The summed E-state index contributed by atoms with van der Waals surface area (Å²) in [5.41, 5.74) is 0. The summed E-state index contributed by atoms with van der Waals surface area (Å²) < 4.78 is 0. The van der Waals surface area contributed by atoms with Crippen LogP contribution in [-0.2, 0) is 4.79 Å². The molecule has 1 N–H and O–H groups in total. The summed E-state index contributed by atoms with van der Waals surface area (Å²) in [5.74, 6) is 2.34. The monoisotopic (exact) mass is 227 g/mol. The van der Waals surface area contributed by atoms with E-state index >= 15 is 0 Å².